The van der Waals surface area contributed by atoms with E-state index in [1.807, 2.05) is 0 Å². The second kappa shape index (κ2) is 9.32. The normalized spacial score (nSPS) is 20.1. The largest absolute Gasteiger partial charge is 0.463 e. The van der Waals surface area contributed by atoms with Crippen molar-refractivity contribution in [3.05, 3.63) is 47.7 Å². The maximum absolute atomic E-state index is 14.6. The number of nitrogens with one attached hydrogen (secondary N) is 1. The van der Waals surface area contributed by atoms with Gasteiger partial charge in [0.15, 0.2) is 12.6 Å². The third-order valence-corrected chi connectivity index (χ3v) is 4.70. The van der Waals surface area contributed by atoms with Crippen LogP contribution in [0.25, 0.3) is 0 Å². The number of amides is 1. The third kappa shape index (κ3) is 5.68. The van der Waals surface area contributed by atoms with E-state index >= 15 is 0 Å². The number of anilines is 1. The molecule has 0 unspecified atom stereocenters. The number of carbonyl (C=O) groups is 1. The SMILES string of the molecule is CC#CCOc1cnc(C(=O)Nc2ccc(F)c([C@]3(C)C[C@@H](C(F)(F)F)N=C(N)O3)c2)cn1. The van der Waals surface area contributed by atoms with Crippen molar-refractivity contribution in [1.29, 1.82) is 0 Å². The van der Waals surface area contributed by atoms with E-state index in [-0.39, 0.29) is 29.4 Å². The van der Waals surface area contributed by atoms with Crippen LogP contribution in [0.1, 0.15) is 36.3 Å². The summed E-state index contributed by atoms with van der Waals surface area (Å²) in [6.45, 7) is 3.03. The van der Waals surface area contributed by atoms with Gasteiger partial charge in [0.2, 0.25) is 5.88 Å². The fourth-order valence-electron chi connectivity index (χ4n) is 3.11. The summed E-state index contributed by atoms with van der Waals surface area (Å²) in [6, 6.07) is 0.556. The standard InChI is InChI=1S/C21H19F4N5O3/c1-3-4-7-32-17-11-27-15(10-28-17)18(31)29-12-5-6-14(22)13(8-12)20(2)9-16(21(23,24)25)30-19(26)33-20/h5-6,8,10-11,16H,7,9H2,1-2H3,(H2,26,30)(H,29,31)/t16-,20-/m0/s1. The van der Waals surface area contributed by atoms with Crippen LogP contribution >= 0.6 is 0 Å². The van der Waals surface area contributed by atoms with Crippen LogP contribution in [0.15, 0.2) is 35.6 Å². The Labute approximate surface area is 186 Å². The van der Waals surface area contributed by atoms with E-state index in [4.69, 9.17) is 15.2 Å². The maximum atomic E-state index is 14.6. The van der Waals surface area contributed by atoms with Crippen molar-refractivity contribution in [3.8, 4) is 17.7 Å². The molecular weight excluding hydrogens is 446 g/mol. The van der Waals surface area contributed by atoms with Crippen LogP contribution in [-0.2, 0) is 10.3 Å². The lowest BCUT2D eigenvalue weighted by molar-refractivity contribution is -0.164. The van der Waals surface area contributed by atoms with Gasteiger partial charge in [-0.3, -0.25) is 4.79 Å². The molecule has 12 heteroatoms. The molecule has 1 amide bonds. The number of halogens is 4. The van der Waals surface area contributed by atoms with Crippen LogP contribution in [0.2, 0.25) is 0 Å². The molecule has 1 aromatic heterocycles. The van der Waals surface area contributed by atoms with E-state index in [1.165, 1.54) is 31.5 Å². The van der Waals surface area contributed by atoms with Gasteiger partial charge in [-0.05, 0) is 32.0 Å². The first-order chi connectivity index (χ1) is 15.5. The van der Waals surface area contributed by atoms with Gasteiger partial charge >= 0.3 is 6.18 Å². The fraction of sp³-hybridized carbons (Fsp3) is 0.333. The van der Waals surface area contributed by atoms with Crippen LogP contribution in [0.5, 0.6) is 5.88 Å². The van der Waals surface area contributed by atoms with Crippen molar-refractivity contribution >= 4 is 17.6 Å². The lowest BCUT2D eigenvalue weighted by atomic mass is 9.87. The molecule has 0 spiro atoms. The molecule has 2 heterocycles. The molecule has 0 fully saturated rings. The van der Waals surface area contributed by atoms with Gasteiger partial charge in [-0.1, -0.05) is 5.92 Å². The number of amidine groups is 1. The molecule has 1 aliphatic rings. The summed E-state index contributed by atoms with van der Waals surface area (Å²) in [5, 5.41) is 2.50. The second-order valence-corrected chi connectivity index (χ2v) is 7.17. The minimum atomic E-state index is -4.68. The summed E-state index contributed by atoms with van der Waals surface area (Å²) in [6.07, 6.45) is -2.97. The van der Waals surface area contributed by atoms with Crippen molar-refractivity contribution in [1.82, 2.24) is 9.97 Å². The molecule has 2 atom stereocenters. The number of benzene rings is 1. The molecule has 0 radical (unpaired) electrons. The monoisotopic (exact) mass is 465 g/mol. The van der Waals surface area contributed by atoms with Gasteiger partial charge in [0.1, 0.15) is 17.1 Å². The molecule has 0 bridgehead atoms. The molecule has 33 heavy (non-hydrogen) atoms. The molecule has 174 valence electrons. The number of rotatable bonds is 5. The molecule has 2 aromatic rings. The van der Waals surface area contributed by atoms with Gasteiger partial charge in [0.05, 0.1) is 12.4 Å². The summed E-state index contributed by atoms with van der Waals surface area (Å²) in [4.78, 5) is 23.6. The van der Waals surface area contributed by atoms with Crippen molar-refractivity contribution in [3.63, 3.8) is 0 Å². The highest BCUT2D eigenvalue weighted by Gasteiger charge is 2.49. The average Bonchev–Trinajstić information content (AvgIpc) is 2.74. The first kappa shape index (κ1) is 23.8. The molecule has 1 aromatic carbocycles. The quantitative estimate of drug-likeness (QED) is 0.518. The second-order valence-electron chi connectivity index (χ2n) is 7.17. The number of nitrogens with two attached hydrogens (primary N) is 1. The van der Waals surface area contributed by atoms with Crippen LogP contribution in [0.4, 0.5) is 23.2 Å². The first-order valence-electron chi connectivity index (χ1n) is 9.56. The van der Waals surface area contributed by atoms with Gasteiger partial charge in [-0.25, -0.2) is 19.4 Å². The Morgan fingerprint density at radius 3 is 2.76 bits per heavy atom. The average molecular weight is 465 g/mol. The molecule has 8 nitrogen and oxygen atoms in total. The number of ether oxygens (including phenoxy) is 2. The zero-order valence-electron chi connectivity index (χ0n) is 17.5. The van der Waals surface area contributed by atoms with Crippen LogP contribution < -0.4 is 15.8 Å². The van der Waals surface area contributed by atoms with Gasteiger partial charge in [-0.2, -0.15) is 13.2 Å². The summed E-state index contributed by atoms with van der Waals surface area (Å²) in [5.74, 6) is 3.99. The number of hydrogen-bond donors (Lipinski definition) is 2. The Balaban J connectivity index is 1.79. The van der Waals surface area contributed by atoms with Crippen LogP contribution in [0, 0.1) is 17.7 Å². The number of aliphatic imine (C=N–C) groups is 1. The number of carbonyl (C=O) groups excluding carboxylic acids is 1. The Morgan fingerprint density at radius 2 is 2.12 bits per heavy atom. The van der Waals surface area contributed by atoms with Crippen molar-refractivity contribution in [2.75, 3.05) is 11.9 Å². The maximum Gasteiger partial charge on any atom is 0.411 e. The number of nitrogens with zero attached hydrogens (tertiary/aromatic N) is 3. The van der Waals surface area contributed by atoms with E-state index in [0.717, 1.165) is 6.07 Å². The lowest BCUT2D eigenvalue weighted by Crippen LogP contribution is -2.46. The smallest absolute Gasteiger partial charge is 0.411 e. The van der Waals surface area contributed by atoms with E-state index in [9.17, 15) is 22.4 Å². The number of hydrogen-bond acceptors (Lipinski definition) is 7. The van der Waals surface area contributed by atoms with Crippen molar-refractivity contribution < 1.29 is 31.8 Å². The minimum Gasteiger partial charge on any atom is -0.463 e. The molecule has 0 saturated heterocycles. The highest BCUT2D eigenvalue weighted by Crippen LogP contribution is 2.41. The van der Waals surface area contributed by atoms with Crippen LogP contribution in [0.3, 0.4) is 0 Å². The lowest BCUT2D eigenvalue weighted by Gasteiger charge is -2.37. The summed E-state index contributed by atoms with van der Waals surface area (Å²) < 4.78 is 64.8. The Hall–Kier alpha value is -3.88. The highest BCUT2D eigenvalue weighted by molar-refractivity contribution is 6.02. The van der Waals surface area contributed by atoms with Crippen molar-refractivity contribution in [2.45, 2.75) is 38.1 Å². The molecule has 3 rings (SSSR count). The van der Waals surface area contributed by atoms with E-state index in [1.54, 1.807) is 6.92 Å². The third-order valence-electron chi connectivity index (χ3n) is 4.70. The van der Waals surface area contributed by atoms with Gasteiger partial charge in [0.25, 0.3) is 11.9 Å². The zero-order chi connectivity index (χ0) is 24.2. The summed E-state index contributed by atoms with van der Waals surface area (Å²) in [5.41, 5.74) is 3.48. The molecule has 3 N–H and O–H groups in total. The molecular formula is C21H19F4N5O3. The Kier molecular flexibility index (Phi) is 6.71. The molecule has 1 aliphatic heterocycles. The van der Waals surface area contributed by atoms with E-state index < -0.39 is 42.0 Å². The van der Waals surface area contributed by atoms with Crippen molar-refractivity contribution in [2.24, 2.45) is 10.7 Å². The zero-order valence-corrected chi connectivity index (χ0v) is 17.5. The first-order valence-corrected chi connectivity index (χ1v) is 9.56. The predicted octanol–water partition coefficient (Wildman–Crippen LogP) is 3.15. The summed E-state index contributed by atoms with van der Waals surface area (Å²) >= 11 is 0. The highest BCUT2D eigenvalue weighted by atomic mass is 19.4. The number of aromatic nitrogens is 2. The molecule has 0 saturated carbocycles. The Morgan fingerprint density at radius 1 is 1.36 bits per heavy atom. The topological polar surface area (TPSA) is 112 Å². The van der Waals surface area contributed by atoms with Gasteiger partial charge in [0, 0.05) is 17.7 Å². The van der Waals surface area contributed by atoms with E-state index in [2.05, 4.69) is 32.1 Å². The van der Waals surface area contributed by atoms with Gasteiger partial charge < -0.3 is 20.5 Å². The van der Waals surface area contributed by atoms with Crippen LogP contribution in [-0.4, -0.2) is 40.7 Å². The van der Waals surface area contributed by atoms with E-state index in [0.29, 0.717) is 0 Å². The number of alkyl halides is 3. The minimum absolute atomic E-state index is 0.0663. The Bertz CT molecular complexity index is 1130. The molecule has 0 aliphatic carbocycles. The van der Waals surface area contributed by atoms with Gasteiger partial charge in [-0.15, -0.1) is 5.92 Å². The predicted molar refractivity (Wildman–Crippen MR) is 110 cm³/mol. The fourth-order valence-corrected chi connectivity index (χ4v) is 3.11. The summed E-state index contributed by atoms with van der Waals surface area (Å²) in [7, 11) is 0.